The lowest BCUT2D eigenvalue weighted by Crippen LogP contribution is -2.51. The van der Waals surface area contributed by atoms with Gasteiger partial charge in [-0.1, -0.05) is 13.3 Å². The third-order valence-electron chi connectivity index (χ3n) is 5.25. The summed E-state index contributed by atoms with van der Waals surface area (Å²) in [5.74, 6) is 2.92. The van der Waals surface area contributed by atoms with Crippen LogP contribution in [0.3, 0.4) is 0 Å². The van der Waals surface area contributed by atoms with Gasteiger partial charge in [-0.05, 0) is 63.1 Å². The predicted octanol–water partition coefficient (Wildman–Crippen LogP) is 2.11. The summed E-state index contributed by atoms with van der Waals surface area (Å²) in [6.07, 6.45) is 7.46. The monoisotopic (exact) mass is 222 g/mol. The summed E-state index contributed by atoms with van der Waals surface area (Å²) in [7, 11) is 0. The molecule has 2 nitrogen and oxygen atoms in total. The average Bonchev–Trinajstić information content (AvgIpc) is 2.63. The van der Waals surface area contributed by atoms with Gasteiger partial charge >= 0.3 is 0 Å². The Labute approximate surface area is 99.8 Å². The molecule has 92 valence electrons. The van der Waals surface area contributed by atoms with E-state index in [1.807, 2.05) is 0 Å². The highest BCUT2D eigenvalue weighted by Crippen LogP contribution is 2.37. The molecule has 3 unspecified atom stereocenters. The summed E-state index contributed by atoms with van der Waals surface area (Å²) in [5.41, 5.74) is 0. The Balaban J connectivity index is 1.56. The highest BCUT2D eigenvalue weighted by atomic mass is 15.2. The number of hydrogen-bond acceptors (Lipinski definition) is 2. The zero-order valence-corrected chi connectivity index (χ0v) is 10.6. The Kier molecular flexibility index (Phi) is 3.21. The molecule has 2 heterocycles. The standard InChI is InChI=1S/C14H26N2/c1-11(13-8-15-9-13)10-16-7-3-5-12-4-2-6-14(12)16/h11-15H,2-10H2,1H3. The fraction of sp³-hybridized carbons (Fsp3) is 1.00. The largest absolute Gasteiger partial charge is 0.316 e. The summed E-state index contributed by atoms with van der Waals surface area (Å²) < 4.78 is 0. The number of piperidine rings is 1. The molecule has 0 aromatic heterocycles. The van der Waals surface area contributed by atoms with E-state index in [-0.39, 0.29) is 0 Å². The molecule has 3 atom stereocenters. The molecule has 0 aromatic carbocycles. The van der Waals surface area contributed by atoms with Crippen LogP contribution >= 0.6 is 0 Å². The van der Waals surface area contributed by atoms with Gasteiger partial charge in [-0.25, -0.2) is 0 Å². The van der Waals surface area contributed by atoms with E-state index < -0.39 is 0 Å². The van der Waals surface area contributed by atoms with Crippen molar-refractivity contribution in [2.45, 2.75) is 45.1 Å². The highest BCUT2D eigenvalue weighted by Gasteiger charge is 2.36. The first-order chi connectivity index (χ1) is 7.84. The van der Waals surface area contributed by atoms with Crippen LogP contribution in [0.25, 0.3) is 0 Å². The molecule has 3 rings (SSSR count). The van der Waals surface area contributed by atoms with Crippen LogP contribution in [0.5, 0.6) is 0 Å². The van der Waals surface area contributed by atoms with Gasteiger partial charge in [0.1, 0.15) is 0 Å². The van der Waals surface area contributed by atoms with Crippen molar-refractivity contribution < 1.29 is 0 Å². The molecule has 2 heteroatoms. The van der Waals surface area contributed by atoms with E-state index in [0.717, 1.165) is 23.8 Å². The average molecular weight is 222 g/mol. The summed E-state index contributed by atoms with van der Waals surface area (Å²) >= 11 is 0. The molecular formula is C14H26N2. The van der Waals surface area contributed by atoms with Gasteiger partial charge in [0.05, 0.1) is 0 Å². The topological polar surface area (TPSA) is 15.3 Å². The van der Waals surface area contributed by atoms with Crippen LogP contribution in [0.1, 0.15) is 39.0 Å². The maximum atomic E-state index is 3.41. The smallest absolute Gasteiger partial charge is 0.0124 e. The number of nitrogens with one attached hydrogen (secondary N) is 1. The number of nitrogens with zero attached hydrogens (tertiary/aromatic N) is 1. The third-order valence-corrected chi connectivity index (χ3v) is 5.25. The molecule has 3 aliphatic rings. The summed E-state index contributed by atoms with van der Waals surface area (Å²) in [4.78, 5) is 2.84. The third kappa shape index (κ3) is 2.02. The summed E-state index contributed by atoms with van der Waals surface area (Å²) in [5, 5.41) is 3.41. The van der Waals surface area contributed by atoms with E-state index in [1.54, 1.807) is 0 Å². The maximum absolute atomic E-state index is 3.41. The Morgan fingerprint density at radius 2 is 2.00 bits per heavy atom. The van der Waals surface area contributed by atoms with Gasteiger partial charge in [-0.2, -0.15) is 0 Å². The van der Waals surface area contributed by atoms with Crippen molar-refractivity contribution in [1.29, 1.82) is 0 Å². The molecule has 3 fully saturated rings. The van der Waals surface area contributed by atoms with Gasteiger partial charge in [-0.3, -0.25) is 4.90 Å². The van der Waals surface area contributed by atoms with Crippen LogP contribution in [-0.2, 0) is 0 Å². The Morgan fingerprint density at radius 1 is 1.19 bits per heavy atom. The molecule has 0 amide bonds. The maximum Gasteiger partial charge on any atom is 0.0124 e. The molecule has 0 spiro atoms. The van der Waals surface area contributed by atoms with E-state index >= 15 is 0 Å². The van der Waals surface area contributed by atoms with Crippen LogP contribution in [-0.4, -0.2) is 37.1 Å². The molecule has 2 saturated heterocycles. The zero-order valence-electron chi connectivity index (χ0n) is 10.6. The van der Waals surface area contributed by atoms with Crippen molar-refractivity contribution in [3.05, 3.63) is 0 Å². The van der Waals surface area contributed by atoms with Crippen LogP contribution < -0.4 is 5.32 Å². The van der Waals surface area contributed by atoms with E-state index in [0.29, 0.717) is 0 Å². The minimum atomic E-state index is 0.903. The fourth-order valence-corrected chi connectivity index (χ4v) is 4.02. The minimum Gasteiger partial charge on any atom is -0.316 e. The lowest BCUT2D eigenvalue weighted by atomic mass is 9.86. The van der Waals surface area contributed by atoms with Crippen LogP contribution in [0.2, 0.25) is 0 Å². The molecule has 0 bridgehead atoms. The van der Waals surface area contributed by atoms with E-state index in [9.17, 15) is 0 Å². The van der Waals surface area contributed by atoms with Gasteiger partial charge in [0.15, 0.2) is 0 Å². The first-order valence-electron chi connectivity index (χ1n) is 7.29. The zero-order chi connectivity index (χ0) is 11.0. The molecule has 1 N–H and O–H groups in total. The van der Waals surface area contributed by atoms with E-state index in [1.165, 1.54) is 58.3 Å². The first-order valence-corrected chi connectivity index (χ1v) is 7.29. The molecule has 0 aromatic rings. The van der Waals surface area contributed by atoms with Crippen molar-refractivity contribution in [3.63, 3.8) is 0 Å². The second-order valence-electron chi connectivity index (χ2n) is 6.29. The van der Waals surface area contributed by atoms with E-state index in [2.05, 4.69) is 17.1 Å². The normalized spacial score (nSPS) is 38.1. The summed E-state index contributed by atoms with van der Waals surface area (Å²) in [6, 6.07) is 0.962. The lowest BCUT2D eigenvalue weighted by Gasteiger charge is -2.42. The van der Waals surface area contributed by atoms with Crippen molar-refractivity contribution in [1.82, 2.24) is 10.2 Å². The second kappa shape index (κ2) is 4.66. The van der Waals surface area contributed by atoms with Gasteiger partial charge in [0, 0.05) is 12.6 Å². The van der Waals surface area contributed by atoms with E-state index in [4.69, 9.17) is 0 Å². The molecule has 2 aliphatic heterocycles. The predicted molar refractivity (Wildman–Crippen MR) is 67.5 cm³/mol. The van der Waals surface area contributed by atoms with Crippen molar-refractivity contribution in [2.24, 2.45) is 17.8 Å². The highest BCUT2D eigenvalue weighted by molar-refractivity contribution is 4.91. The SMILES string of the molecule is CC(CN1CCCC2CCCC21)C1CNC1. The first kappa shape index (κ1) is 11.0. The number of likely N-dealkylation sites (tertiary alicyclic amines) is 1. The molecule has 16 heavy (non-hydrogen) atoms. The van der Waals surface area contributed by atoms with Crippen LogP contribution in [0.15, 0.2) is 0 Å². The van der Waals surface area contributed by atoms with Crippen LogP contribution in [0, 0.1) is 17.8 Å². The van der Waals surface area contributed by atoms with Crippen molar-refractivity contribution >= 4 is 0 Å². The van der Waals surface area contributed by atoms with Crippen LogP contribution in [0.4, 0.5) is 0 Å². The second-order valence-corrected chi connectivity index (χ2v) is 6.29. The lowest BCUT2D eigenvalue weighted by molar-refractivity contribution is 0.0764. The molecule has 0 radical (unpaired) electrons. The molecular weight excluding hydrogens is 196 g/mol. The summed E-state index contributed by atoms with van der Waals surface area (Å²) in [6.45, 7) is 7.75. The fourth-order valence-electron chi connectivity index (χ4n) is 4.02. The van der Waals surface area contributed by atoms with Crippen molar-refractivity contribution in [3.8, 4) is 0 Å². The van der Waals surface area contributed by atoms with Gasteiger partial charge in [0.25, 0.3) is 0 Å². The molecule has 1 aliphatic carbocycles. The van der Waals surface area contributed by atoms with Gasteiger partial charge in [-0.15, -0.1) is 0 Å². The number of hydrogen-bond donors (Lipinski definition) is 1. The van der Waals surface area contributed by atoms with Crippen molar-refractivity contribution in [2.75, 3.05) is 26.2 Å². The Bertz CT molecular complexity index is 237. The minimum absolute atomic E-state index is 0.903. The number of rotatable bonds is 3. The van der Waals surface area contributed by atoms with Gasteiger partial charge < -0.3 is 5.32 Å². The quantitative estimate of drug-likeness (QED) is 0.787. The molecule has 1 saturated carbocycles. The number of fused-ring (bicyclic) bond motifs is 1. The Morgan fingerprint density at radius 3 is 2.75 bits per heavy atom. The van der Waals surface area contributed by atoms with Gasteiger partial charge in [0.2, 0.25) is 0 Å². The Hall–Kier alpha value is -0.0800.